The number of amides is 1. The summed E-state index contributed by atoms with van der Waals surface area (Å²) in [6.45, 7) is 0.472. The van der Waals surface area contributed by atoms with E-state index in [1.165, 1.54) is 4.88 Å². The van der Waals surface area contributed by atoms with Crippen molar-refractivity contribution in [2.24, 2.45) is 0 Å². The van der Waals surface area contributed by atoms with Crippen LogP contribution in [0, 0.1) is 0 Å². The number of nitrogens with one attached hydrogen (secondary N) is 1. The van der Waals surface area contributed by atoms with Crippen LogP contribution >= 0.6 is 11.3 Å². The van der Waals surface area contributed by atoms with Crippen LogP contribution in [0.2, 0.25) is 0 Å². The van der Waals surface area contributed by atoms with Crippen LogP contribution in [0.5, 0.6) is 0 Å². The second-order valence-corrected chi connectivity index (χ2v) is 5.56. The molecule has 0 aliphatic carbocycles. The summed E-state index contributed by atoms with van der Waals surface area (Å²) >= 11 is 1.68. The highest BCUT2D eigenvalue weighted by Gasteiger charge is 2.05. The van der Waals surface area contributed by atoms with Crippen molar-refractivity contribution in [1.29, 1.82) is 0 Å². The van der Waals surface area contributed by atoms with Crippen LogP contribution in [-0.2, 0) is 6.54 Å². The molecule has 1 N–H and O–H groups in total. The lowest BCUT2D eigenvalue weighted by Gasteiger charge is -2.06. The van der Waals surface area contributed by atoms with Gasteiger partial charge in [0.1, 0.15) is 0 Å². The lowest BCUT2D eigenvalue weighted by atomic mass is 10.1. The number of pyridine rings is 1. The first-order valence-corrected chi connectivity index (χ1v) is 7.52. The predicted octanol–water partition coefficient (Wildman–Crippen LogP) is 3.74. The minimum absolute atomic E-state index is 0.0721. The number of hydrogen-bond donors (Lipinski definition) is 1. The second-order valence-electron chi connectivity index (χ2n) is 4.61. The Kier molecular flexibility index (Phi) is 4.07. The minimum Gasteiger partial charge on any atom is -0.348 e. The monoisotopic (exact) mass is 294 g/mol. The zero-order valence-electron chi connectivity index (χ0n) is 11.3. The smallest absolute Gasteiger partial charge is 0.251 e. The van der Waals surface area contributed by atoms with Gasteiger partial charge >= 0.3 is 0 Å². The van der Waals surface area contributed by atoms with Crippen LogP contribution in [-0.4, -0.2) is 10.9 Å². The molecule has 3 rings (SSSR count). The van der Waals surface area contributed by atoms with Crippen molar-refractivity contribution >= 4 is 17.2 Å². The first-order chi connectivity index (χ1) is 10.3. The Bertz CT molecular complexity index is 724. The van der Waals surface area contributed by atoms with E-state index in [0.29, 0.717) is 12.1 Å². The third-order valence-electron chi connectivity index (χ3n) is 3.09. The number of carbonyl (C=O) groups is 1. The molecule has 2 heterocycles. The number of aromatic nitrogens is 1. The fraction of sp³-hybridized carbons (Fsp3) is 0.0588. The van der Waals surface area contributed by atoms with Gasteiger partial charge < -0.3 is 5.32 Å². The molecule has 0 fully saturated rings. The molecule has 3 aromatic rings. The van der Waals surface area contributed by atoms with Gasteiger partial charge in [0, 0.05) is 34.9 Å². The summed E-state index contributed by atoms with van der Waals surface area (Å²) in [5, 5.41) is 4.95. The highest BCUT2D eigenvalue weighted by atomic mass is 32.1. The summed E-state index contributed by atoms with van der Waals surface area (Å²) < 4.78 is 0. The van der Waals surface area contributed by atoms with Gasteiger partial charge in [-0.2, -0.15) is 0 Å². The van der Waals surface area contributed by atoms with E-state index in [1.807, 2.05) is 35.8 Å². The zero-order chi connectivity index (χ0) is 14.5. The highest BCUT2D eigenvalue weighted by Crippen LogP contribution is 2.24. The molecule has 0 spiro atoms. The Labute approximate surface area is 127 Å². The molecule has 0 unspecified atom stereocenters. The van der Waals surface area contributed by atoms with Crippen LogP contribution in [0.15, 0.2) is 66.3 Å². The summed E-state index contributed by atoms with van der Waals surface area (Å²) in [4.78, 5) is 17.4. The van der Waals surface area contributed by atoms with Crippen molar-refractivity contribution in [3.05, 3.63) is 77.4 Å². The van der Waals surface area contributed by atoms with Gasteiger partial charge in [-0.15, -0.1) is 11.3 Å². The van der Waals surface area contributed by atoms with E-state index < -0.39 is 0 Å². The molecule has 2 aromatic heterocycles. The molecular weight excluding hydrogens is 280 g/mol. The van der Waals surface area contributed by atoms with E-state index in [2.05, 4.69) is 22.4 Å². The lowest BCUT2D eigenvalue weighted by molar-refractivity contribution is 0.0951. The maximum absolute atomic E-state index is 12.0. The van der Waals surface area contributed by atoms with Crippen LogP contribution in [0.1, 0.15) is 15.9 Å². The number of benzene rings is 1. The van der Waals surface area contributed by atoms with Crippen molar-refractivity contribution < 1.29 is 4.79 Å². The molecular formula is C17H14N2OS. The molecule has 4 heteroatoms. The lowest BCUT2D eigenvalue weighted by Crippen LogP contribution is -2.22. The average Bonchev–Trinajstić information content (AvgIpc) is 3.08. The third-order valence-corrected chi connectivity index (χ3v) is 4.01. The second kappa shape index (κ2) is 6.33. The Morgan fingerprint density at radius 2 is 1.95 bits per heavy atom. The SMILES string of the molecule is O=C(NCc1cncc(-c2cccs2)c1)c1ccccc1. The average molecular weight is 294 g/mol. The summed E-state index contributed by atoms with van der Waals surface area (Å²) in [6, 6.07) is 15.3. The number of nitrogens with zero attached hydrogens (tertiary/aromatic N) is 1. The van der Waals surface area contributed by atoms with Gasteiger partial charge in [0.25, 0.3) is 5.91 Å². The quantitative estimate of drug-likeness (QED) is 0.796. The maximum atomic E-state index is 12.0. The Balaban J connectivity index is 1.69. The summed E-state index contributed by atoms with van der Waals surface area (Å²) in [5.41, 5.74) is 2.74. The molecule has 0 radical (unpaired) electrons. The summed E-state index contributed by atoms with van der Waals surface area (Å²) in [6.07, 6.45) is 3.62. The molecule has 21 heavy (non-hydrogen) atoms. The van der Waals surface area contributed by atoms with Crippen LogP contribution < -0.4 is 5.32 Å². The molecule has 0 bridgehead atoms. The predicted molar refractivity (Wildman–Crippen MR) is 85.2 cm³/mol. The fourth-order valence-electron chi connectivity index (χ4n) is 2.04. The number of hydrogen-bond acceptors (Lipinski definition) is 3. The molecule has 0 atom stereocenters. The van der Waals surface area contributed by atoms with E-state index in [0.717, 1.165) is 11.1 Å². The van der Waals surface area contributed by atoms with E-state index in [4.69, 9.17) is 0 Å². The van der Waals surface area contributed by atoms with Gasteiger partial charge in [0.2, 0.25) is 0 Å². The van der Waals surface area contributed by atoms with Gasteiger partial charge in [-0.05, 0) is 35.2 Å². The molecule has 0 aliphatic rings. The third kappa shape index (κ3) is 3.35. The molecule has 1 aromatic carbocycles. The number of rotatable bonds is 4. The normalized spacial score (nSPS) is 10.3. The number of carbonyl (C=O) groups excluding carboxylic acids is 1. The van der Waals surface area contributed by atoms with Gasteiger partial charge in [-0.3, -0.25) is 9.78 Å². The highest BCUT2D eigenvalue weighted by molar-refractivity contribution is 7.13. The molecule has 0 saturated carbocycles. The van der Waals surface area contributed by atoms with Gasteiger partial charge in [-0.1, -0.05) is 24.3 Å². The first-order valence-electron chi connectivity index (χ1n) is 6.64. The Morgan fingerprint density at radius 3 is 2.71 bits per heavy atom. The molecule has 1 amide bonds. The van der Waals surface area contributed by atoms with Crippen molar-refractivity contribution in [1.82, 2.24) is 10.3 Å². The fourth-order valence-corrected chi connectivity index (χ4v) is 2.74. The van der Waals surface area contributed by atoms with E-state index in [-0.39, 0.29) is 5.91 Å². The van der Waals surface area contributed by atoms with Crippen molar-refractivity contribution in [2.75, 3.05) is 0 Å². The van der Waals surface area contributed by atoms with Crippen LogP contribution in [0.25, 0.3) is 10.4 Å². The molecule has 0 saturated heterocycles. The number of thiophene rings is 1. The van der Waals surface area contributed by atoms with E-state index >= 15 is 0 Å². The van der Waals surface area contributed by atoms with E-state index in [1.54, 1.807) is 29.7 Å². The summed E-state index contributed by atoms with van der Waals surface area (Å²) in [5.74, 6) is -0.0721. The topological polar surface area (TPSA) is 42.0 Å². The summed E-state index contributed by atoms with van der Waals surface area (Å²) in [7, 11) is 0. The maximum Gasteiger partial charge on any atom is 0.251 e. The standard InChI is InChI=1S/C17H14N2OS/c20-17(14-5-2-1-3-6-14)19-11-13-9-15(12-18-10-13)16-7-4-8-21-16/h1-10,12H,11H2,(H,19,20). The minimum atomic E-state index is -0.0721. The van der Waals surface area contributed by atoms with Crippen LogP contribution in [0.4, 0.5) is 0 Å². The van der Waals surface area contributed by atoms with Gasteiger partial charge in [-0.25, -0.2) is 0 Å². The van der Waals surface area contributed by atoms with Gasteiger partial charge in [0.15, 0.2) is 0 Å². The molecule has 104 valence electrons. The Hall–Kier alpha value is -2.46. The zero-order valence-corrected chi connectivity index (χ0v) is 12.1. The van der Waals surface area contributed by atoms with Crippen LogP contribution in [0.3, 0.4) is 0 Å². The first kappa shape index (κ1) is 13.5. The van der Waals surface area contributed by atoms with Crippen molar-refractivity contribution in [3.63, 3.8) is 0 Å². The van der Waals surface area contributed by atoms with Crippen molar-refractivity contribution in [3.8, 4) is 10.4 Å². The van der Waals surface area contributed by atoms with Crippen molar-refractivity contribution in [2.45, 2.75) is 6.54 Å². The largest absolute Gasteiger partial charge is 0.348 e. The van der Waals surface area contributed by atoms with Gasteiger partial charge in [0.05, 0.1) is 0 Å². The Morgan fingerprint density at radius 1 is 1.10 bits per heavy atom. The van der Waals surface area contributed by atoms with E-state index in [9.17, 15) is 4.79 Å². The molecule has 3 nitrogen and oxygen atoms in total. The molecule has 0 aliphatic heterocycles.